The van der Waals surface area contributed by atoms with E-state index in [0.717, 1.165) is 51.5 Å². The number of carbonyl (C=O) groups is 1. The molecule has 0 unspecified atom stereocenters. The van der Waals surface area contributed by atoms with Crippen molar-refractivity contribution in [2.75, 3.05) is 51.2 Å². The molecule has 1 heterocycles. The van der Waals surface area contributed by atoms with Crippen LogP contribution in [0.25, 0.3) is 0 Å². The second-order valence-corrected chi connectivity index (χ2v) is 9.46. The van der Waals surface area contributed by atoms with Crippen LogP contribution in [-0.4, -0.2) is 51.8 Å². The van der Waals surface area contributed by atoms with E-state index in [-0.39, 0.29) is 17.1 Å². The van der Waals surface area contributed by atoms with Crippen molar-refractivity contribution in [2.24, 2.45) is 0 Å². The number of ether oxygens (including phenoxy) is 1. The van der Waals surface area contributed by atoms with Crippen LogP contribution in [0.5, 0.6) is 5.75 Å². The first-order chi connectivity index (χ1) is 14.8. The lowest BCUT2D eigenvalue weighted by Crippen LogP contribution is -3.28. The third-order valence-electron chi connectivity index (χ3n) is 5.87. The third-order valence-corrected chi connectivity index (χ3v) is 5.87. The molecule has 0 spiro atoms. The van der Waals surface area contributed by atoms with Crippen LogP contribution in [0.2, 0.25) is 0 Å². The highest BCUT2D eigenvalue weighted by atomic mass is 19.1. The Labute approximate surface area is 185 Å². The number of piperazine rings is 1. The van der Waals surface area contributed by atoms with E-state index in [0.29, 0.717) is 12.2 Å². The van der Waals surface area contributed by atoms with Crippen LogP contribution in [0.4, 0.5) is 10.1 Å². The molecule has 0 aromatic heterocycles. The summed E-state index contributed by atoms with van der Waals surface area (Å²) < 4.78 is 18.9. The summed E-state index contributed by atoms with van der Waals surface area (Å²) >= 11 is 0. The molecule has 1 aliphatic rings. The molecule has 1 aliphatic heterocycles. The van der Waals surface area contributed by atoms with Gasteiger partial charge in [0, 0.05) is 12.1 Å². The van der Waals surface area contributed by atoms with E-state index < -0.39 is 0 Å². The van der Waals surface area contributed by atoms with E-state index in [1.165, 1.54) is 22.6 Å². The van der Waals surface area contributed by atoms with Crippen LogP contribution in [0.3, 0.4) is 0 Å². The number of benzene rings is 2. The van der Waals surface area contributed by atoms with E-state index in [4.69, 9.17) is 4.74 Å². The smallest absolute Gasteiger partial charge is 0.279 e. The molecular formula is C25H36FN3O2+2. The van der Waals surface area contributed by atoms with Gasteiger partial charge in [-0.15, -0.1) is 0 Å². The van der Waals surface area contributed by atoms with Crippen LogP contribution in [0.15, 0.2) is 48.5 Å². The lowest BCUT2D eigenvalue weighted by atomic mass is 9.87. The molecule has 1 fully saturated rings. The summed E-state index contributed by atoms with van der Waals surface area (Å²) in [6.07, 6.45) is 1.02. The van der Waals surface area contributed by atoms with E-state index in [1.807, 2.05) is 0 Å². The van der Waals surface area contributed by atoms with Crippen LogP contribution in [0.1, 0.15) is 32.8 Å². The molecule has 3 N–H and O–H groups in total. The summed E-state index contributed by atoms with van der Waals surface area (Å²) in [5.74, 6) is 0.618. The third kappa shape index (κ3) is 7.64. The minimum atomic E-state index is -0.299. The molecule has 168 valence electrons. The number of quaternary nitrogens is 2. The van der Waals surface area contributed by atoms with Gasteiger partial charge >= 0.3 is 0 Å². The van der Waals surface area contributed by atoms with E-state index in [9.17, 15) is 9.18 Å². The highest BCUT2D eigenvalue weighted by molar-refractivity contribution is 5.91. The largest absolute Gasteiger partial charge is 0.493 e. The first-order valence-corrected chi connectivity index (χ1v) is 11.3. The van der Waals surface area contributed by atoms with E-state index in [1.54, 1.807) is 17.0 Å². The number of hydrogen-bond donors (Lipinski definition) is 3. The Bertz CT molecular complexity index is 823. The maximum Gasteiger partial charge on any atom is 0.279 e. The zero-order valence-electron chi connectivity index (χ0n) is 19.0. The fourth-order valence-corrected chi connectivity index (χ4v) is 3.91. The highest BCUT2D eigenvalue weighted by Gasteiger charge is 2.24. The van der Waals surface area contributed by atoms with Crippen molar-refractivity contribution in [1.82, 2.24) is 0 Å². The molecule has 1 amide bonds. The van der Waals surface area contributed by atoms with Gasteiger partial charge in [0.05, 0.1) is 13.2 Å². The molecule has 0 bridgehead atoms. The molecule has 0 radical (unpaired) electrons. The number of anilines is 1. The Kier molecular flexibility index (Phi) is 8.04. The number of hydrogen-bond acceptors (Lipinski definition) is 2. The first kappa shape index (κ1) is 23.2. The minimum Gasteiger partial charge on any atom is -0.493 e. The van der Waals surface area contributed by atoms with Crippen molar-refractivity contribution >= 4 is 11.6 Å². The number of nitrogens with one attached hydrogen (secondary N) is 3. The minimum absolute atomic E-state index is 0.0177. The SMILES string of the molecule is CC(C)(C)c1ccc(OCCC[NH+]2CC[NH+](CC(=O)Nc3ccc(F)cc3)CC2)cc1. The molecule has 3 rings (SSSR count). The van der Waals surface area contributed by atoms with Gasteiger partial charge in [-0.25, -0.2) is 4.39 Å². The Morgan fingerprint density at radius 1 is 0.968 bits per heavy atom. The van der Waals surface area contributed by atoms with Crippen molar-refractivity contribution < 1.29 is 23.7 Å². The predicted molar refractivity (Wildman–Crippen MR) is 121 cm³/mol. The number of halogens is 1. The fraction of sp³-hybridized carbons (Fsp3) is 0.480. The summed E-state index contributed by atoms with van der Waals surface area (Å²) in [7, 11) is 0. The average Bonchev–Trinajstić information content (AvgIpc) is 2.74. The van der Waals surface area contributed by atoms with Crippen LogP contribution >= 0.6 is 0 Å². The van der Waals surface area contributed by atoms with Gasteiger partial charge in [-0.2, -0.15) is 0 Å². The average molecular weight is 430 g/mol. The van der Waals surface area contributed by atoms with Gasteiger partial charge in [-0.3, -0.25) is 4.79 Å². The number of carbonyl (C=O) groups excluding carboxylic acids is 1. The molecule has 5 nitrogen and oxygen atoms in total. The van der Waals surface area contributed by atoms with Crippen molar-refractivity contribution in [3.8, 4) is 5.75 Å². The van der Waals surface area contributed by atoms with Gasteiger partial charge < -0.3 is 19.9 Å². The van der Waals surface area contributed by atoms with Gasteiger partial charge in [0.25, 0.3) is 5.91 Å². The molecule has 1 saturated heterocycles. The zero-order valence-corrected chi connectivity index (χ0v) is 19.0. The van der Waals surface area contributed by atoms with Crippen molar-refractivity contribution in [2.45, 2.75) is 32.6 Å². The van der Waals surface area contributed by atoms with Gasteiger partial charge in [-0.1, -0.05) is 32.9 Å². The van der Waals surface area contributed by atoms with Gasteiger partial charge in [-0.05, 0) is 47.4 Å². The number of rotatable bonds is 8. The van der Waals surface area contributed by atoms with Crippen LogP contribution in [0, 0.1) is 5.82 Å². The summed E-state index contributed by atoms with van der Waals surface area (Å²) in [4.78, 5) is 15.1. The maximum atomic E-state index is 13.0. The standard InChI is InChI=1S/C25H34FN3O2/c1-25(2,3)20-5-11-23(12-6-20)31-18-4-13-28-14-16-29(17-15-28)19-24(30)27-22-9-7-21(26)8-10-22/h5-12H,4,13-19H2,1-3H3,(H,27,30)/p+2. The topological polar surface area (TPSA) is 47.2 Å². The molecule has 0 atom stereocenters. The Balaban J connectivity index is 1.29. The van der Waals surface area contributed by atoms with Crippen LogP contribution < -0.4 is 19.9 Å². The van der Waals surface area contributed by atoms with E-state index in [2.05, 4.69) is 50.4 Å². The van der Waals surface area contributed by atoms with Crippen molar-refractivity contribution in [3.63, 3.8) is 0 Å². The Hall–Kier alpha value is -2.44. The van der Waals surface area contributed by atoms with Gasteiger partial charge in [0.15, 0.2) is 6.54 Å². The van der Waals surface area contributed by atoms with Crippen molar-refractivity contribution in [3.05, 3.63) is 59.9 Å². The monoisotopic (exact) mass is 429 g/mol. The Morgan fingerprint density at radius 3 is 2.19 bits per heavy atom. The molecular weight excluding hydrogens is 393 g/mol. The van der Waals surface area contributed by atoms with E-state index >= 15 is 0 Å². The molecule has 0 aliphatic carbocycles. The normalized spacial score (nSPS) is 19.1. The lowest BCUT2D eigenvalue weighted by Gasteiger charge is -2.29. The van der Waals surface area contributed by atoms with Crippen molar-refractivity contribution in [1.29, 1.82) is 0 Å². The summed E-state index contributed by atoms with van der Waals surface area (Å²) in [5, 5.41) is 2.85. The second kappa shape index (κ2) is 10.7. The van der Waals surface area contributed by atoms with Gasteiger partial charge in [0.2, 0.25) is 0 Å². The molecule has 6 heteroatoms. The summed E-state index contributed by atoms with van der Waals surface area (Å²) in [6.45, 7) is 13.0. The molecule has 0 saturated carbocycles. The highest BCUT2D eigenvalue weighted by Crippen LogP contribution is 2.24. The molecule has 31 heavy (non-hydrogen) atoms. The Morgan fingerprint density at radius 2 is 1.58 bits per heavy atom. The first-order valence-electron chi connectivity index (χ1n) is 11.3. The fourth-order valence-electron chi connectivity index (χ4n) is 3.91. The van der Waals surface area contributed by atoms with Gasteiger partial charge in [0.1, 0.15) is 37.7 Å². The maximum absolute atomic E-state index is 13.0. The van der Waals surface area contributed by atoms with Crippen LogP contribution in [-0.2, 0) is 10.2 Å². The summed E-state index contributed by atoms with van der Waals surface area (Å²) in [6, 6.07) is 14.3. The quantitative estimate of drug-likeness (QED) is 0.555. The second-order valence-electron chi connectivity index (χ2n) is 9.46. The summed E-state index contributed by atoms with van der Waals surface area (Å²) in [5.41, 5.74) is 2.12. The number of amides is 1. The molecule has 2 aromatic rings. The predicted octanol–water partition coefficient (Wildman–Crippen LogP) is 1.31. The molecule has 2 aromatic carbocycles. The lowest BCUT2D eigenvalue weighted by molar-refractivity contribution is -1.01. The zero-order chi connectivity index (χ0) is 22.3.